The first kappa shape index (κ1) is 14.0. The molecular formula is C15H15NO4S. The van der Waals surface area contributed by atoms with Crippen molar-refractivity contribution in [2.45, 2.75) is 24.5 Å². The highest BCUT2D eigenvalue weighted by Crippen LogP contribution is 2.42. The molecule has 6 heteroatoms. The molecule has 1 aliphatic carbocycles. The van der Waals surface area contributed by atoms with Gasteiger partial charge in [-0.2, -0.15) is 0 Å². The largest absolute Gasteiger partial charge is 0.360 e. The van der Waals surface area contributed by atoms with E-state index in [1.807, 2.05) is 0 Å². The van der Waals surface area contributed by atoms with Crippen LogP contribution in [0.5, 0.6) is 0 Å². The maximum absolute atomic E-state index is 12.7. The number of hydrogen-bond donors (Lipinski definition) is 0. The maximum Gasteiger partial charge on any atom is 0.198 e. The zero-order valence-electron chi connectivity index (χ0n) is 11.6. The third kappa shape index (κ3) is 3.05. The van der Waals surface area contributed by atoms with Crippen LogP contribution < -0.4 is 0 Å². The zero-order chi connectivity index (χ0) is 15.0. The molecule has 21 heavy (non-hydrogen) atoms. The van der Waals surface area contributed by atoms with Gasteiger partial charge in [-0.25, -0.2) is 8.42 Å². The first-order chi connectivity index (χ1) is 9.96. The van der Waals surface area contributed by atoms with Crippen LogP contribution in [0.3, 0.4) is 0 Å². The summed E-state index contributed by atoms with van der Waals surface area (Å²) < 4.78 is 28.2. The van der Waals surface area contributed by atoms with Gasteiger partial charge < -0.3 is 4.52 Å². The van der Waals surface area contributed by atoms with Gasteiger partial charge in [0, 0.05) is 17.7 Å². The summed E-state index contributed by atoms with van der Waals surface area (Å²) in [6, 6.07) is 6.77. The first-order valence-electron chi connectivity index (χ1n) is 6.70. The number of sulfone groups is 1. The molecule has 1 fully saturated rings. The highest BCUT2D eigenvalue weighted by Gasteiger charge is 2.33. The molecule has 0 atom stereocenters. The lowest BCUT2D eigenvalue weighted by Crippen LogP contribution is -2.10. The Hall–Kier alpha value is -1.95. The second-order valence-electron chi connectivity index (χ2n) is 5.43. The lowest BCUT2D eigenvalue weighted by molar-refractivity contribution is 0.103. The van der Waals surface area contributed by atoms with Crippen molar-refractivity contribution in [2.75, 3.05) is 6.26 Å². The lowest BCUT2D eigenvalue weighted by Gasteiger charge is -2.07. The number of benzene rings is 1. The Balaban J connectivity index is 2.00. The van der Waals surface area contributed by atoms with Gasteiger partial charge in [-0.05, 0) is 18.4 Å². The Kier molecular flexibility index (Phi) is 3.41. The fourth-order valence-electron chi connectivity index (χ4n) is 2.35. The van der Waals surface area contributed by atoms with E-state index >= 15 is 0 Å². The first-order valence-corrected chi connectivity index (χ1v) is 8.76. The highest BCUT2D eigenvalue weighted by molar-refractivity contribution is 7.89. The molecule has 3 rings (SSSR count). The molecule has 0 aliphatic heterocycles. The number of hydrogen-bond acceptors (Lipinski definition) is 5. The number of carbonyl (C=O) groups is 1. The van der Waals surface area contributed by atoms with Crippen LogP contribution in [0.4, 0.5) is 0 Å². The van der Waals surface area contributed by atoms with Crippen LogP contribution in [-0.4, -0.2) is 25.6 Å². The predicted octanol–water partition coefficient (Wildman–Crippen LogP) is 2.33. The molecular weight excluding hydrogens is 290 g/mol. The number of rotatable bonds is 5. The molecule has 110 valence electrons. The molecule has 5 nitrogen and oxygen atoms in total. The number of ketones is 1. The molecule has 0 radical (unpaired) electrons. The monoisotopic (exact) mass is 305 g/mol. The summed E-state index contributed by atoms with van der Waals surface area (Å²) in [6.45, 7) is 0. The van der Waals surface area contributed by atoms with E-state index in [9.17, 15) is 13.2 Å². The molecule has 2 aromatic rings. The maximum atomic E-state index is 12.7. The van der Waals surface area contributed by atoms with Crippen molar-refractivity contribution in [3.63, 3.8) is 0 Å². The van der Waals surface area contributed by atoms with Crippen LogP contribution in [-0.2, 0) is 15.6 Å². The summed E-state index contributed by atoms with van der Waals surface area (Å²) in [6.07, 6.45) is 4.58. The minimum Gasteiger partial charge on any atom is -0.360 e. The van der Waals surface area contributed by atoms with Crippen molar-refractivity contribution in [3.05, 3.63) is 52.9 Å². The molecule has 1 aliphatic rings. The number of nitrogens with zero attached hydrogens (tertiary/aromatic N) is 1. The standard InChI is InChI=1S/C15H15NO4S/c1-21(18,19)9-11-4-2-3-5-12(11)14(17)13-8-16-20-15(13)10-6-7-10/h2-5,8,10H,6-7,9H2,1H3. The van der Waals surface area contributed by atoms with E-state index in [2.05, 4.69) is 5.16 Å². The minimum atomic E-state index is -3.21. The third-order valence-electron chi connectivity index (χ3n) is 3.47. The Morgan fingerprint density at radius 1 is 1.29 bits per heavy atom. The quantitative estimate of drug-likeness (QED) is 0.792. The van der Waals surface area contributed by atoms with Crippen LogP contribution >= 0.6 is 0 Å². The summed E-state index contributed by atoms with van der Waals surface area (Å²) >= 11 is 0. The van der Waals surface area contributed by atoms with Crippen LogP contribution in [0.25, 0.3) is 0 Å². The molecule has 0 unspecified atom stereocenters. The summed E-state index contributed by atoms with van der Waals surface area (Å²) in [5.41, 5.74) is 1.35. The Labute approximate surface area is 122 Å². The van der Waals surface area contributed by atoms with Gasteiger partial charge in [0.1, 0.15) is 0 Å². The Morgan fingerprint density at radius 3 is 2.67 bits per heavy atom. The average molecular weight is 305 g/mol. The van der Waals surface area contributed by atoms with E-state index in [0.717, 1.165) is 19.1 Å². The lowest BCUT2D eigenvalue weighted by atomic mass is 9.99. The normalized spacial score (nSPS) is 15.1. The van der Waals surface area contributed by atoms with Gasteiger partial charge in [0.05, 0.1) is 17.5 Å². The van der Waals surface area contributed by atoms with E-state index < -0.39 is 9.84 Å². The molecule has 1 aromatic carbocycles. The van der Waals surface area contributed by atoms with E-state index in [4.69, 9.17) is 4.52 Å². The van der Waals surface area contributed by atoms with Crippen LogP contribution in [0.1, 0.15) is 46.0 Å². The van der Waals surface area contributed by atoms with Gasteiger partial charge in [-0.1, -0.05) is 29.4 Å². The second kappa shape index (κ2) is 5.11. The van der Waals surface area contributed by atoms with Crippen LogP contribution in [0.15, 0.2) is 35.0 Å². The van der Waals surface area contributed by atoms with E-state index in [1.54, 1.807) is 24.3 Å². The number of carbonyl (C=O) groups excluding carboxylic acids is 1. The molecule has 1 aromatic heterocycles. The summed E-state index contributed by atoms with van der Waals surface area (Å²) in [4.78, 5) is 12.7. The summed E-state index contributed by atoms with van der Waals surface area (Å²) in [7, 11) is -3.21. The van der Waals surface area contributed by atoms with Crippen molar-refractivity contribution in [3.8, 4) is 0 Å². The molecule has 0 N–H and O–H groups in total. The number of aromatic nitrogens is 1. The predicted molar refractivity (Wildman–Crippen MR) is 76.9 cm³/mol. The van der Waals surface area contributed by atoms with Crippen LogP contribution in [0, 0.1) is 0 Å². The summed E-state index contributed by atoms with van der Waals surface area (Å²) in [5.74, 6) is 0.513. The zero-order valence-corrected chi connectivity index (χ0v) is 12.4. The molecule has 1 saturated carbocycles. The van der Waals surface area contributed by atoms with Gasteiger partial charge >= 0.3 is 0 Å². The Morgan fingerprint density at radius 2 is 2.00 bits per heavy atom. The molecule has 0 saturated heterocycles. The topological polar surface area (TPSA) is 77.2 Å². The van der Waals surface area contributed by atoms with Gasteiger partial charge in [-0.15, -0.1) is 0 Å². The van der Waals surface area contributed by atoms with E-state index in [-0.39, 0.29) is 17.5 Å². The van der Waals surface area contributed by atoms with Gasteiger partial charge in [0.25, 0.3) is 0 Å². The van der Waals surface area contributed by atoms with Crippen molar-refractivity contribution in [1.29, 1.82) is 0 Å². The smallest absolute Gasteiger partial charge is 0.198 e. The SMILES string of the molecule is CS(=O)(=O)Cc1ccccc1C(=O)c1cnoc1C1CC1. The molecule has 1 heterocycles. The Bertz CT molecular complexity index is 788. The van der Waals surface area contributed by atoms with Crippen molar-refractivity contribution >= 4 is 15.6 Å². The van der Waals surface area contributed by atoms with Crippen molar-refractivity contribution < 1.29 is 17.7 Å². The van der Waals surface area contributed by atoms with E-state index in [0.29, 0.717) is 22.5 Å². The van der Waals surface area contributed by atoms with Gasteiger partial charge in [-0.3, -0.25) is 4.79 Å². The highest BCUT2D eigenvalue weighted by atomic mass is 32.2. The second-order valence-corrected chi connectivity index (χ2v) is 7.57. The fourth-order valence-corrected chi connectivity index (χ4v) is 3.17. The summed E-state index contributed by atoms with van der Waals surface area (Å²) in [5, 5.41) is 3.72. The average Bonchev–Trinajstić information content (AvgIpc) is 3.14. The van der Waals surface area contributed by atoms with Gasteiger partial charge in [0.15, 0.2) is 21.4 Å². The fraction of sp³-hybridized carbons (Fsp3) is 0.333. The minimum absolute atomic E-state index is 0.154. The molecule has 0 spiro atoms. The van der Waals surface area contributed by atoms with Gasteiger partial charge in [0.2, 0.25) is 0 Å². The molecule has 0 bridgehead atoms. The van der Waals surface area contributed by atoms with Crippen molar-refractivity contribution in [2.24, 2.45) is 0 Å². The van der Waals surface area contributed by atoms with E-state index in [1.165, 1.54) is 6.20 Å². The van der Waals surface area contributed by atoms with Crippen molar-refractivity contribution in [1.82, 2.24) is 5.16 Å². The van der Waals surface area contributed by atoms with Crippen LogP contribution in [0.2, 0.25) is 0 Å². The molecule has 0 amide bonds. The third-order valence-corrected chi connectivity index (χ3v) is 4.31.